The zero-order valence-electron chi connectivity index (χ0n) is 11.3. The zero-order chi connectivity index (χ0) is 15.7. The van der Waals surface area contributed by atoms with Gasteiger partial charge in [-0.1, -0.05) is 0 Å². The van der Waals surface area contributed by atoms with Crippen molar-refractivity contribution in [3.63, 3.8) is 0 Å². The SMILES string of the molecule is CC(P)(CC(F)(F)F)OCCn1cnc2c(N)ncnc21. The van der Waals surface area contributed by atoms with Gasteiger partial charge in [-0.2, -0.15) is 13.2 Å². The van der Waals surface area contributed by atoms with Gasteiger partial charge in [0, 0.05) is 6.54 Å². The number of fused-ring (bicyclic) bond motifs is 1. The van der Waals surface area contributed by atoms with Crippen molar-refractivity contribution in [1.29, 1.82) is 0 Å². The largest absolute Gasteiger partial charge is 0.392 e. The van der Waals surface area contributed by atoms with Gasteiger partial charge in [0.15, 0.2) is 11.5 Å². The van der Waals surface area contributed by atoms with Gasteiger partial charge in [0.25, 0.3) is 0 Å². The average molecular weight is 321 g/mol. The number of imidazole rings is 1. The highest BCUT2D eigenvalue weighted by atomic mass is 31.0. The summed E-state index contributed by atoms with van der Waals surface area (Å²) >= 11 is 0. The first-order valence-corrected chi connectivity index (χ1v) is 6.67. The summed E-state index contributed by atoms with van der Waals surface area (Å²) in [4.78, 5) is 11.9. The Hall–Kier alpha value is -1.47. The second-order valence-corrected chi connectivity index (χ2v) is 6.04. The molecule has 0 aromatic carbocycles. The van der Waals surface area contributed by atoms with Crippen LogP contribution in [-0.2, 0) is 11.3 Å². The number of aromatic nitrogens is 4. The van der Waals surface area contributed by atoms with E-state index in [9.17, 15) is 13.2 Å². The lowest BCUT2D eigenvalue weighted by molar-refractivity contribution is -0.165. The second-order valence-electron chi connectivity index (χ2n) is 4.82. The molecule has 2 rings (SSSR count). The van der Waals surface area contributed by atoms with Crippen molar-refractivity contribution in [3.8, 4) is 0 Å². The molecule has 2 unspecified atom stereocenters. The maximum atomic E-state index is 12.4. The predicted molar refractivity (Wildman–Crippen MR) is 74.5 cm³/mol. The lowest BCUT2D eigenvalue weighted by Gasteiger charge is -2.26. The van der Waals surface area contributed by atoms with Crippen LogP contribution in [0.4, 0.5) is 19.0 Å². The molecule has 0 amide bonds. The molecule has 0 aliphatic rings. The number of hydrogen-bond acceptors (Lipinski definition) is 5. The summed E-state index contributed by atoms with van der Waals surface area (Å²) in [7, 11) is 2.09. The van der Waals surface area contributed by atoms with Gasteiger partial charge in [-0.3, -0.25) is 0 Å². The maximum Gasteiger partial charge on any atom is 0.392 e. The molecule has 0 spiro atoms. The van der Waals surface area contributed by atoms with Crippen molar-refractivity contribution in [2.45, 2.75) is 31.4 Å². The molecule has 116 valence electrons. The van der Waals surface area contributed by atoms with Crippen molar-refractivity contribution >= 4 is 26.2 Å². The summed E-state index contributed by atoms with van der Waals surface area (Å²) in [5, 5.41) is -1.36. The van der Waals surface area contributed by atoms with Crippen LogP contribution in [0.2, 0.25) is 0 Å². The number of alkyl halides is 3. The van der Waals surface area contributed by atoms with Crippen molar-refractivity contribution in [3.05, 3.63) is 12.7 Å². The van der Waals surface area contributed by atoms with E-state index in [0.29, 0.717) is 17.7 Å². The van der Waals surface area contributed by atoms with Crippen LogP contribution in [0.3, 0.4) is 0 Å². The molecule has 6 nitrogen and oxygen atoms in total. The Kier molecular flexibility index (Phi) is 4.34. The molecule has 2 N–H and O–H groups in total. The van der Waals surface area contributed by atoms with Gasteiger partial charge in [0.1, 0.15) is 11.8 Å². The summed E-state index contributed by atoms with van der Waals surface area (Å²) in [5.74, 6) is 0.257. The molecule has 21 heavy (non-hydrogen) atoms. The van der Waals surface area contributed by atoms with Crippen molar-refractivity contribution in [2.75, 3.05) is 12.3 Å². The molecule has 2 aromatic rings. The van der Waals surface area contributed by atoms with E-state index < -0.39 is 17.9 Å². The van der Waals surface area contributed by atoms with Crippen molar-refractivity contribution < 1.29 is 17.9 Å². The summed E-state index contributed by atoms with van der Waals surface area (Å²) in [6.45, 7) is 1.78. The smallest absolute Gasteiger partial charge is 0.382 e. The number of halogens is 3. The summed E-state index contributed by atoms with van der Waals surface area (Å²) < 4.78 is 44.0. The molecule has 2 aromatic heterocycles. The van der Waals surface area contributed by atoms with Gasteiger partial charge in [-0.05, 0) is 6.92 Å². The van der Waals surface area contributed by atoms with Gasteiger partial charge in [0.2, 0.25) is 0 Å². The monoisotopic (exact) mass is 321 g/mol. The Bertz CT molecular complexity index is 628. The van der Waals surface area contributed by atoms with E-state index in [1.807, 2.05) is 0 Å². The van der Waals surface area contributed by atoms with Crippen LogP contribution in [0.25, 0.3) is 11.2 Å². The fourth-order valence-corrected chi connectivity index (χ4v) is 2.24. The molecule has 0 bridgehead atoms. The molecule has 0 fully saturated rings. The molecule has 2 heterocycles. The van der Waals surface area contributed by atoms with E-state index in [2.05, 4.69) is 24.2 Å². The Morgan fingerprint density at radius 3 is 2.71 bits per heavy atom. The van der Waals surface area contributed by atoms with E-state index in [1.54, 1.807) is 4.57 Å². The second kappa shape index (κ2) is 5.73. The number of hydrogen-bond donors (Lipinski definition) is 1. The van der Waals surface area contributed by atoms with E-state index in [4.69, 9.17) is 10.5 Å². The summed E-state index contributed by atoms with van der Waals surface area (Å²) in [6, 6.07) is 0. The van der Waals surface area contributed by atoms with Gasteiger partial charge in [-0.25, -0.2) is 15.0 Å². The van der Waals surface area contributed by atoms with Gasteiger partial charge in [0.05, 0.1) is 24.7 Å². The third kappa shape index (κ3) is 4.25. The topological polar surface area (TPSA) is 78.9 Å². The fraction of sp³-hybridized carbons (Fsp3) is 0.545. The number of rotatable bonds is 5. The Labute approximate surface area is 121 Å². The Balaban J connectivity index is 1.98. The highest BCUT2D eigenvalue weighted by molar-refractivity contribution is 7.18. The summed E-state index contributed by atoms with van der Waals surface area (Å²) in [6.07, 6.45) is -2.51. The minimum atomic E-state index is -4.28. The molecule has 2 atom stereocenters. The first-order valence-electron chi connectivity index (χ1n) is 6.09. The number of ether oxygens (including phenoxy) is 1. The van der Waals surface area contributed by atoms with Crippen LogP contribution in [0.15, 0.2) is 12.7 Å². The maximum absolute atomic E-state index is 12.4. The number of anilines is 1. The third-order valence-corrected chi connectivity index (χ3v) is 3.12. The molecule has 0 aliphatic carbocycles. The minimum absolute atomic E-state index is 0.0887. The number of nitrogens with two attached hydrogens (primary N) is 1. The minimum Gasteiger partial charge on any atom is -0.382 e. The number of nitrogen functional groups attached to an aromatic ring is 1. The van der Waals surface area contributed by atoms with E-state index in [-0.39, 0.29) is 12.4 Å². The van der Waals surface area contributed by atoms with Crippen LogP contribution in [0, 0.1) is 0 Å². The van der Waals surface area contributed by atoms with Crippen LogP contribution < -0.4 is 5.73 Å². The molecule has 0 saturated heterocycles. The van der Waals surface area contributed by atoms with Gasteiger partial charge < -0.3 is 15.0 Å². The Morgan fingerprint density at radius 1 is 1.33 bits per heavy atom. The lowest BCUT2D eigenvalue weighted by Crippen LogP contribution is -2.29. The molecule has 0 saturated carbocycles. The third-order valence-electron chi connectivity index (χ3n) is 2.74. The van der Waals surface area contributed by atoms with Crippen molar-refractivity contribution in [1.82, 2.24) is 19.5 Å². The van der Waals surface area contributed by atoms with E-state index in [0.717, 1.165) is 0 Å². The van der Waals surface area contributed by atoms with Crippen molar-refractivity contribution in [2.24, 2.45) is 0 Å². The lowest BCUT2D eigenvalue weighted by atomic mass is 10.2. The first kappa shape index (κ1) is 15.9. The quantitative estimate of drug-likeness (QED) is 0.852. The van der Waals surface area contributed by atoms with Crippen LogP contribution in [-0.4, -0.2) is 37.6 Å². The van der Waals surface area contributed by atoms with E-state index >= 15 is 0 Å². The molecule has 0 radical (unpaired) electrons. The zero-order valence-corrected chi connectivity index (χ0v) is 12.4. The van der Waals surface area contributed by atoms with Crippen LogP contribution >= 0.6 is 9.24 Å². The Morgan fingerprint density at radius 2 is 2.05 bits per heavy atom. The van der Waals surface area contributed by atoms with Crippen LogP contribution in [0.1, 0.15) is 13.3 Å². The average Bonchev–Trinajstić information content (AvgIpc) is 2.71. The van der Waals surface area contributed by atoms with Gasteiger partial charge >= 0.3 is 6.18 Å². The molecule has 10 heteroatoms. The summed E-state index contributed by atoms with van der Waals surface area (Å²) in [5.41, 5.74) is 6.63. The van der Waals surface area contributed by atoms with E-state index in [1.165, 1.54) is 19.6 Å². The number of nitrogens with zero attached hydrogens (tertiary/aromatic N) is 4. The highest BCUT2D eigenvalue weighted by Gasteiger charge is 2.37. The highest BCUT2D eigenvalue weighted by Crippen LogP contribution is 2.34. The fourth-order valence-electron chi connectivity index (χ4n) is 1.89. The predicted octanol–water partition coefficient (Wildman–Crippen LogP) is 1.97. The van der Waals surface area contributed by atoms with Crippen LogP contribution in [0.5, 0.6) is 0 Å². The molecule has 0 aliphatic heterocycles. The first-order chi connectivity index (χ1) is 9.68. The standard InChI is InChI=1S/C11H15F3N5OP/c1-10(21,4-11(12,13)14)20-3-2-19-6-18-7-8(15)16-5-17-9(7)19/h5-6H,2-4,21H2,1H3,(H2,15,16,17). The van der Waals surface area contributed by atoms with Gasteiger partial charge in [-0.15, -0.1) is 9.24 Å². The molecular weight excluding hydrogens is 306 g/mol. The normalized spacial score (nSPS) is 15.3. The molecular formula is C11H15F3N5OP.